The van der Waals surface area contributed by atoms with Crippen molar-refractivity contribution in [3.8, 4) is 0 Å². The molecule has 0 aromatic carbocycles. The molecule has 0 saturated carbocycles. The molecule has 11 heteroatoms. The van der Waals surface area contributed by atoms with E-state index in [9.17, 15) is 24.0 Å². The first-order valence-corrected chi connectivity index (χ1v) is 7.49. The second kappa shape index (κ2) is 9.13. The summed E-state index contributed by atoms with van der Waals surface area (Å²) >= 11 is 0. The minimum atomic E-state index is -1.60. The lowest BCUT2D eigenvalue weighted by Crippen LogP contribution is -2.64. The summed E-state index contributed by atoms with van der Waals surface area (Å²) < 4.78 is 30.0. The highest BCUT2D eigenvalue weighted by molar-refractivity contribution is 5.77. The normalized spacial score (nSPS) is 27.7. The van der Waals surface area contributed by atoms with Crippen LogP contribution in [0.3, 0.4) is 0 Å². The monoisotopic (exact) mass is 376 g/mol. The molecular formula is C15H20O11. The van der Waals surface area contributed by atoms with Crippen molar-refractivity contribution in [2.75, 3.05) is 7.11 Å². The Labute approximate surface area is 148 Å². The van der Waals surface area contributed by atoms with Gasteiger partial charge in [-0.2, -0.15) is 0 Å². The number of methoxy groups -OCH3 is 1. The predicted octanol–water partition coefficient (Wildman–Crippen LogP) is -0.757. The Morgan fingerprint density at radius 3 is 1.50 bits per heavy atom. The van der Waals surface area contributed by atoms with Crippen molar-refractivity contribution in [1.82, 2.24) is 0 Å². The summed E-state index contributed by atoms with van der Waals surface area (Å²) in [5.74, 6) is -4.25. The van der Waals surface area contributed by atoms with Gasteiger partial charge in [0.1, 0.15) is 0 Å². The molecule has 1 saturated heterocycles. The van der Waals surface area contributed by atoms with Crippen LogP contribution in [0.2, 0.25) is 0 Å². The van der Waals surface area contributed by atoms with Gasteiger partial charge in [-0.3, -0.25) is 19.2 Å². The minimum Gasteiger partial charge on any atom is -0.467 e. The highest BCUT2D eigenvalue weighted by Crippen LogP contribution is 2.30. The van der Waals surface area contributed by atoms with Crippen LogP contribution in [0.1, 0.15) is 27.7 Å². The predicted molar refractivity (Wildman–Crippen MR) is 79.1 cm³/mol. The summed E-state index contributed by atoms with van der Waals surface area (Å²) in [6.45, 7) is 4.22. The van der Waals surface area contributed by atoms with Gasteiger partial charge in [-0.15, -0.1) is 0 Å². The summed E-state index contributed by atoms with van der Waals surface area (Å²) in [5, 5.41) is 0. The molecule has 146 valence electrons. The molecule has 1 fully saturated rings. The van der Waals surface area contributed by atoms with Crippen molar-refractivity contribution in [2.24, 2.45) is 0 Å². The van der Waals surface area contributed by atoms with Gasteiger partial charge in [-0.1, -0.05) is 0 Å². The number of hydrogen-bond donors (Lipinski definition) is 0. The Hall–Kier alpha value is -2.69. The van der Waals surface area contributed by atoms with E-state index < -0.39 is 60.6 Å². The summed E-state index contributed by atoms with van der Waals surface area (Å²) in [6.07, 6.45) is -7.66. The van der Waals surface area contributed by atoms with E-state index in [0.717, 1.165) is 34.8 Å². The molecule has 0 aliphatic carbocycles. The van der Waals surface area contributed by atoms with Crippen molar-refractivity contribution >= 4 is 29.8 Å². The van der Waals surface area contributed by atoms with E-state index in [4.69, 9.17) is 23.7 Å². The first kappa shape index (κ1) is 21.4. The van der Waals surface area contributed by atoms with E-state index in [0.29, 0.717) is 0 Å². The van der Waals surface area contributed by atoms with Gasteiger partial charge >= 0.3 is 29.8 Å². The van der Waals surface area contributed by atoms with Crippen LogP contribution in [0.15, 0.2) is 0 Å². The number of esters is 5. The molecular weight excluding hydrogens is 356 g/mol. The van der Waals surface area contributed by atoms with Gasteiger partial charge in [0, 0.05) is 27.7 Å². The third-order valence-electron chi connectivity index (χ3n) is 3.12. The average molecular weight is 376 g/mol. The van der Waals surface area contributed by atoms with Crippen LogP contribution in [0.25, 0.3) is 0 Å². The summed E-state index contributed by atoms with van der Waals surface area (Å²) in [4.78, 5) is 57.7. The molecule has 0 bridgehead atoms. The van der Waals surface area contributed by atoms with E-state index in [2.05, 4.69) is 4.74 Å². The highest BCUT2D eigenvalue weighted by atomic mass is 16.7. The Bertz CT molecular complexity index is 584. The fourth-order valence-corrected chi connectivity index (χ4v) is 2.34. The lowest BCUT2D eigenvalue weighted by molar-refractivity contribution is -0.294. The Morgan fingerprint density at radius 2 is 1.08 bits per heavy atom. The van der Waals surface area contributed by atoms with E-state index in [1.807, 2.05) is 0 Å². The third kappa shape index (κ3) is 5.69. The lowest BCUT2D eigenvalue weighted by atomic mass is 9.97. The molecule has 0 radical (unpaired) electrons. The first-order valence-electron chi connectivity index (χ1n) is 7.49. The molecule has 0 aromatic rings. The van der Waals surface area contributed by atoms with Crippen LogP contribution in [-0.2, 0) is 52.4 Å². The van der Waals surface area contributed by atoms with Gasteiger partial charge in [0.15, 0.2) is 18.3 Å². The Balaban J connectivity index is 3.37. The van der Waals surface area contributed by atoms with E-state index >= 15 is 0 Å². The van der Waals surface area contributed by atoms with Gasteiger partial charge in [0.25, 0.3) is 0 Å². The topological polar surface area (TPSA) is 141 Å². The maximum Gasteiger partial charge on any atom is 0.339 e. The quantitative estimate of drug-likeness (QED) is 0.441. The van der Waals surface area contributed by atoms with Crippen LogP contribution in [0, 0.1) is 0 Å². The second-order valence-electron chi connectivity index (χ2n) is 5.28. The molecule has 1 aliphatic heterocycles. The molecule has 26 heavy (non-hydrogen) atoms. The van der Waals surface area contributed by atoms with Crippen LogP contribution in [0.5, 0.6) is 0 Å². The number of hydrogen-bond acceptors (Lipinski definition) is 11. The van der Waals surface area contributed by atoms with Crippen molar-refractivity contribution < 1.29 is 52.4 Å². The molecule has 1 rings (SSSR count). The van der Waals surface area contributed by atoms with Crippen LogP contribution < -0.4 is 0 Å². The van der Waals surface area contributed by atoms with Crippen molar-refractivity contribution in [3.63, 3.8) is 0 Å². The molecule has 5 atom stereocenters. The van der Waals surface area contributed by atoms with Gasteiger partial charge < -0.3 is 28.4 Å². The smallest absolute Gasteiger partial charge is 0.339 e. The molecule has 0 N–H and O–H groups in total. The largest absolute Gasteiger partial charge is 0.467 e. The number of carbonyl (C=O) groups is 5. The van der Waals surface area contributed by atoms with Crippen LogP contribution >= 0.6 is 0 Å². The molecule has 0 spiro atoms. The fraction of sp³-hybridized carbons (Fsp3) is 0.667. The van der Waals surface area contributed by atoms with Crippen LogP contribution in [0.4, 0.5) is 0 Å². The third-order valence-corrected chi connectivity index (χ3v) is 3.12. The van der Waals surface area contributed by atoms with E-state index in [-0.39, 0.29) is 0 Å². The Kier molecular flexibility index (Phi) is 7.50. The standard InChI is InChI=1S/C15H20O11/c1-6(16)22-10-11(23-7(2)17)13(24-8(3)18)15(25-9(4)19)26-12(10)14(20)21-5/h10-13,15H,1-5H3/t10-,11-,12-,13-,15+/m0/s1. The molecule has 11 nitrogen and oxygen atoms in total. The molecule has 1 heterocycles. The molecule has 1 aliphatic rings. The first-order chi connectivity index (χ1) is 12.1. The van der Waals surface area contributed by atoms with E-state index in [1.165, 1.54) is 0 Å². The lowest BCUT2D eigenvalue weighted by Gasteiger charge is -2.42. The maximum atomic E-state index is 12.0. The second-order valence-corrected chi connectivity index (χ2v) is 5.28. The maximum absolute atomic E-state index is 12.0. The van der Waals surface area contributed by atoms with E-state index in [1.54, 1.807) is 0 Å². The van der Waals surface area contributed by atoms with Crippen molar-refractivity contribution in [2.45, 2.75) is 58.4 Å². The molecule has 0 amide bonds. The van der Waals surface area contributed by atoms with Crippen molar-refractivity contribution in [1.29, 1.82) is 0 Å². The molecule has 0 unspecified atom stereocenters. The highest BCUT2D eigenvalue weighted by Gasteiger charge is 2.56. The van der Waals surface area contributed by atoms with Crippen molar-refractivity contribution in [3.05, 3.63) is 0 Å². The summed E-state index contributed by atoms with van der Waals surface area (Å²) in [7, 11) is 1.05. The zero-order valence-corrected chi connectivity index (χ0v) is 14.9. The number of rotatable bonds is 5. The zero-order chi connectivity index (χ0) is 20.0. The van der Waals surface area contributed by atoms with Gasteiger partial charge in [-0.25, -0.2) is 4.79 Å². The fourth-order valence-electron chi connectivity index (χ4n) is 2.34. The number of carbonyl (C=O) groups excluding carboxylic acids is 5. The van der Waals surface area contributed by atoms with Gasteiger partial charge in [0.05, 0.1) is 7.11 Å². The average Bonchev–Trinajstić information content (AvgIpc) is 2.50. The Morgan fingerprint density at radius 1 is 0.654 bits per heavy atom. The zero-order valence-electron chi connectivity index (χ0n) is 14.9. The van der Waals surface area contributed by atoms with Gasteiger partial charge in [-0.05, 0) is 0 Å². The SMILES string of the molecule is COC(=O)[C@H]1O[C@@H](OC(C)=O)[C@@H](OC(C)=O)[C@@H](OC(C)=O)[C@@H]1OC(C)=O. The number of ether oxygens (including phenoxy) is 6. The van der Waals surface area contributed by atoms with Crippen LogP contribution in [-0.4, -0.2) is 67.7 Å². The van der Waals surface area contributed by atoms with Gasteiger partial charge in [0.2, 0.25) is 12.4 Å². The summed E-state index contributed by atoms with van der Waals surface area (Å²) in [5.41, 5.74) is 0. The molecule has 0 aromatic heterocycles. The minimum absolute atomic E-state index is 0.814. The summed E-state index contributed by atoms with van der Waals surface area (Å²) in [6, 6.07) is 0.